The van der Waals surface area contributed by atoms with Crippen molar-refractivity contribution in [2.24, 2.45) is 0 Å². The molecule has 0 radical (unpaired) electrons. The highest BCUT2D eigenvalue weighted by Gasteiger charge is 2.16. The summed E-state index contributed by atoms with van der Waals surface area (Å²) in [4.78, 5) is 12.2. The van der Waals surface area contributed by atoms with Gasteiger partial charge in [-0.15, -0.1) is 0 Å². The van der Waals surface area contributed by atoms with E-state index in [0.29, 0.717) is 17.1 Å². The summed E-state index contributed by atoms with van der Waals surface area (Å²) in [5, 5.41) is 0. The Balaban J connectivity index is 1.71. The molecule has 3 rings (SSSR count). The van der Waals surface area contributed by atoms with E-state index < -0.39 is 0 Å². The lowest BCUT2D eigenvalue weighted by Gasteiger charge is -2.10. The average Bonchev–Trinajstić information content (AvgIpc) is 2.96. The highest BCUT2D eigenvalue weighted by Crippen LogP contribution is 2.32. The molecule has 4 nitrogen and oxygen atoms in total. The van der Waals surface area contributed by atoms with Gasteiger partial charge in [0.05, 0.1) is 0 Å². The SMILES string of the molecule is Cc1cccc(OCC(=O)c2ccc3c(c2)OCO3)c1C. The summed E-state index contributed by atoms with van der Waals surface area (Å²) in [6.45, 7) is 4.20. The summed E-state index contributed by atoms with van der Waals surface area (Å²) < 4.78 is 16.1. The maximum Gasteiger partial charge on any atom is 0.231 e. The van der Waals surface area contributed by atoms with Crippen LogP contribution >= 0.6 is 0 Å². The van der Waals surface area contributed by atoms with Crippen LogP contribution in [0.25, 0.3) is 0 Å². The van der Waals surface area contributed by atoms with Crippen molar-refractivity contribution < 1.29 is 19.0 Å². The van der Waals surface area contributed by atoms with Crippen LogP contribution < -0.4 is 14.2 Å². The van der Waals surface area contributed by atoms with Crippen molar-refractivity contribution in [1.82, 2.24) is 0 Å². The third-order valence-corrected chi connectivity index (χ3v) is 3.61. The quantitative estimate of drug-likeness (QED) is 0.808. The molecule has 4 heteroatoms. The lowest BCUT2D eigenvalue weighted by atomic mass is 10.1. The molecule has 1 aliphatic heterocycles. The number of hydrogen-bond acceptors (Lipinski definition) is 4. The second-order valence-corrected chi connectivity index (χ2v) is 4.98. The molecule has 0 N–H and O–H groups in total. The summed E-state index contributed by atoms with van der Waals surface area (Å²) in [5.74, 6) is 1.92. The minimum atomic E-state index is -0.0887. The first-order chi connectivity index (χ1) is 10.1. The van der Waals surface area contributed by atoms with Crippen LogP contribution in [0.3, 0.4) is 0 Å². The van der Waals surface area contributed by atoms with E-state index in [2.05, 4.69) is 0 Å². The molecule has 1 heterocycles. The molecule has 0 fully saturated rings. The van der Waals surface area contributed by atoms with E-state index in [1.807, 2.05) is 32.0 Å². The lowest BCUT2D eigenvalue weighted by Crippen LogP contribution is -2.12. The van der Waals surface area contributed by atoms with Gasteiger partial charge in [0.1, 0.15) is 5.75 Å². The third-order valence-electron chi connectivity index (χ3n) is 3.61. The van der Waals surface area contributed by atoms with Crippen molar-refractivity contribution in [2.45, 2.75) is 13.8 Å². The Hall–Kier alpha value is -2.49. The average molecular weight is 284 g/mol. The van der Waals surface area contributed by atoms with Gasteiger partial charge in [0.15, 0.2) is 23.9 Å². The highest BCUT2D eigenvalue weighted by molar-refractivity contribution is 5.97. The number of benzene rings is 2. The van der Waals surface area contributed by atoms with Gasteiger partial charge < -0.3 is 14.2 Å². The van der Waals surface area contributed by atoms with Gasteiger partial charge >= 0.3 is 0 Å². The molecule has 2 aromatic rings. The smallest absolute Gasteiger partial charge is 0.231 e. The molecule has 0 atom stereocenters. The maximum absolute atomic E-state index is 12.2. The van der Waals surface area contributed by atoms with Crippen LogP contribution in [0.4, 0.5) is 0 Å². The molecular weight excluding hydrogens is 268 g/mol. The number of carbonyl (C=O) groups excluding carboxylic acids is 1. The number of Topliss-reactive ketones (excluding diaryl/α,β-unsaturated/α-hetero) is 1. The molecule has 0 saturated carbocycles. The number of rotatable bonds is 4. The number of carbonyl (C=O) groups is 1. The fraction of sp³-hybridized carbons (Fsp3) is 0.235. The van der Waals surface area contributed by atoms with Gasteiger partial charge in [-0.05, 0) is 49.2 Å². The Morgan fingerprint density at radius 1 is 1.14 bits per heavy atom. The van der Waals surface area contributed by atoms with E-state index in [4.69, 9.17) is 14.2 Å². The van der Waals surface area contributed by atoms with E-state index >= 15 is 0 Å². The van der Waals surface area contributed by atoms with Gasteiger partial charge in [-0.1, -0.05) is 12.1 Å². The van der Waals surface area contributed by atoms with Gasteiger partial charge in [-0.2, -0.15) is 0 Å². The van der Waals surface area contributed by atoms with Crippen molar-refractivity contribution in [3.8, 4) is 17.2 Å². The first kappa shape index (κ1) is 13.5. The second-order valence-electron chi connectivity index (χ2n) is 4.98. The number of aryl methyl sites for hydroxylation is 1. The van der Waals surface area contributed by atoms with Crippen LogP contribution in [-0.2, 0) is 0 Å². The molecule has 0 saturated heterocycles. The Bertz CT molecular complexity index is 691. The normalized spacial score (nSPS) is 12.3. The van der Waals surface area contributed by atoms with Gasteiger partial charge in [-0.3, -0.25) is 4.79 Å². The Labute approximate surface area is 123 Å². The molecule has 0 aromatic heterocycles. The Kier molecular flexibility index (Phi) is 3.52. The minimum absolute atomic E-state index is 0.00391. The first-order valence-electron chi connectivity index (χ1n) is 6.77. The summed E-state index contributed by atoms with van der Waals surface area (Å²) in [5.41, 5.74) is 2.75. The molecule has 108 valence electrons. The number of fused-ring (bicyclic) bond motifs is 1. The van der Waals surface area contributed by atoms with E-state index in [0.717, 1.165) is 16.9 Å². The second kappa shape index (κ2) is 5.48. The molecule has 0 unspecified atom stereocenters. The molecule has 0 spiro atoms. The topological polar surface area (TPSA) is 44.8 Å². The number of ketones is 1. The minimum Gasteiger partial charge on any atom is -0.485 e. The first-order valence-corrected chi connectivity index (χ1v) is 6.77. The van der Waals surface area contributed by atoms with Crippen LogP contribution in [0.1, 0.15) is 21.5 Å². The standard InChI is InChI=1S/C17H16O4/c1-11-4-3-5-15(12(11)2)19-9-14(18)13-6-7-16-17(8-13)21-10-20-16/h3-8H,9-10H2,1-2H3. The monoisotopic (exact) mass is 284 g/mol. The van der Waals surface area contributed by atoms with Crippen LogP contribution in [0, 0.1) is 13.8 Å². The van der Waals surface area contributed by atoms with Crippen LogP contribution in [0.15, 0.2) is 36.4 Å². The van der Waals surface area contributed by atoms with Gasteiger partial charge in [0.2, 0.25) is 6.79 Å². The number of hydrogen-bond donors (Lipinski definition) is 0. The van der Waals surface area contributed by atoms with Gasteiger partial charge in [-0.25, -0.2) is 0 Å². The lowest BCUT2D eigenvalue weighted by molar-refractivity contribution is 0.0920. The third kappa shape index (κ3) is 2.70. The zero-order valence-corrected chi connectivity index (χ0v) is 12.0. The molecule has 2 aromatic carbocycles. The van der Waals surface area contributed by atoms with Crippen LogP contribution in [-0.4, -0.2) is 19.2 Å². The molecule has 0 aliphatic carbocycles. The highest BCUT2D eigenvalue weighted by atomic mass is 16.7. The summed E-state index contributed by atoms with van der Waals surface area (Å²) in [6, 6.07) is 11.0. The molecule has 21 heavy (non-hydrogen) atoms. The molecule has 1 aliphatic rings. The van der Waals surface area contributed by atoms with Crippen molar-refractivity contribution in [2.75, 3.05) is 13.4 Å². The fourth-order valence-corrected chi connectivity index (χ4v) is 2.18. The fourth-order valence-electron chi connectivity index (χ4n) is 2.18. The zero-order valence-electron chi connectivity index (χ0n) is 12.0. The summed E-state index contributed by atoms with van der Waals surface area (Å²) in [6.07, 6.45) is 0. The maximum atomic E-state index is 12.2. The van der Waals surface area contributed by atoms with Crippen LogP contribution in [0.2, 0.25) is 0 Å². The van der Waals surface area contributed by atoms with Crippen molar-refractivity contribution >= 4 is 5.78 Å². The predicted molar refractivity (Wildman–Crippen MR) is 78.3 cm³/mol. The molecular formula is C17H16O4. The van der Waals surface area contributed by atoms with E-state index in [9.17, 15) is 4.79 Å². The van der Waals surface area contributed by atoms with Gasteiger partial charge in [0.25, 0.3) is 0 Å². The Morgan fingerprint density at radius 2 is 1.95 bits per heavy atom. The Morgan fingerprint density at radius 3 is 2.81 bits per heavy atom. The predicted octanol–water partition coefficient (Wildman–Crippen LogP) is 3.29. The van der Waals surface area contributed by atoms with E-state index in [-0.39, 0.29) is 19.2 Å². The van der Waals surface area contributed by atoms with Crippen molar-refractivity contribution in [3.05, 3.63) is 53.1 Å². The summed E-state index contributed by atoms with van der Waals surface area (Å²) >= 11 is 0. The van der Waals surface area contributed by atoms with E-state index in [1.165, 1.54) is 0 Å². The van der Waals surface area contributed by atoms with E-state index in [1.54, 1.807) is 18.2 Å². The largest absolute Gasteiger partial charge is 0.485 e. The zero-order chi connectivity index (χ0) is 14.8. The van der Waals surface area contributed by atoms with Crippen molar-refractivity contribution in [3.63, 3.8) is 0 Å². The summed E-state index contributed by atoms with van der Waals surface area (Å²) in [7, 11) is 0. The van der Waals surface area contributed by atoms with Crippen molar-refractivity contribution in [1.29, 1.82) is 0 Å². The van der Waals surface area contributed by atoms with Crippen LogP contribution in [0.5, 0.6) is 17.2 Å². The number of ether oxygens (including phenoxy) is 3. The molecule has 0 amide bonds. The van der Waals surface area contributed by atoms with Gasteiger partial charge in [0, 0.05) is 5.56 Å². The molecule has 0 bridgehead atoms.